The summed E-state index contributed by atoms with van der Waals surface area (Å²) in [6, 6.07) is 12.7. The van der Waals surface area contributed by atoms with Crippen molar-refractivity contribution in [2.45, 2.75) is 25.2 Å². The third-order valence-corrected chi connectivity index (χ3v) is 5.84. The van der Waals surface area contributed by atoms with E-state index in [1.54, 1.807) is 24.5 Å². The Balaban J connectivity index is 1.53. The normalized spacial score (nSPS) is 11.1. The van der Waals surface area contributed by atoms with Gasteiger partial charge in [0.05, 0.1) is 24.1 Å². The summed E-state index contributed by atoms with van der Waals surface area (Å²) in [5, 5.41) is 3.91. The number of nitrogens with one attached hydrogen (secondary N) is 2. The number of carbonyl (C=O) groups excluding carboxylic acids is 1. The van der Waals surface area contributed by atoms with Crippen molar-refractivity contribution < 1.29 is 9.21 Å². The smallest absolute Gasteiger partial charge is 0.278 e. The minimum absolute atomic E-state index is 0.115. The lowest BCUT2D eigenvalue weighted by Gasteiger charge is -2.11. The molecule has 0 aliphatic carbocycles. The van der Waals surface area contributed by atoms with Crippen molar-refractivity contribution in [3.05, 3.63) is 81.1 Å². The molecule has 4 aromatic rings. The van der Waals surface area contributed by atoms with Gasteiger partial charge >= 0.3 is 0 Å². The highest BCUT2D eigenvalue weighted by atomic mass is 35.5. The predicted octanol–water partition coefficient (Wildman–Crippen LogP) is 3.74. The van der Waals surface area contributed by atoms with Crippen LogP contribution in [-0.2, 0) is 17.9 Å². The Labute approximate surface area is 181 Å². The zero-order valence-corrected chi connectivity index (χ0v) is 17.7. The van der Waals surface area contributed by atoms with Gasteiger partial charge in [-0.25, -0.2) is 4.98 Å². The van der Waals surface area contributed by atoms with E-state index in [-0.39, 0.29) is 23.8 Å². The first-order valence-electron chi connectivity index (χ1n) is 9.26. The first-order chi connectivity index (χ1) is 14.5. The molecule has 3 heterocycles. The van der Waals surface area contributed by atoms with Gasteiger partial charge in [0, 0.05) is 17.3 Å². The van der Waals surface area contributed by atoms with Crippen molar-refractivity contribution in [3.63, 3.8) is 0 Å². The number of hydrogen-bond donors (Lipinski definition) is 2. The molecule has 3 aromatic heterocycles. The van der Waals surface area contributed by atoms with E-state index in [9.17, 15) is 9.59 Å². The van der Waals surface area contributed by atoms with Crippen LogP contribution in [0.1, 0.15) is 17.0 Å². The number of thioether (sulfide) groups is 1. The molecule has 9 heteroatoms. The molecule has 0 aliphatic heterocycles. The van der Waals surface area contributed by atoms with Gasteiger partial charge in [-0.1, -0.05) is 41.6 Å². The molecule has 0 saturated carbocycles. The average molecular weight is 443 g/mol. The number of aryl methyl sites for hydroxylation is 1. The number of hydrogen-bond acceptors (Lipinski definition) is 5. The van der Waals surface area contributed by atoms with Crippen molar-refractivity contribution in [2.24, 2.45) is 0 Å². The highest BCUT2D eigenvalue weighted by Gasteiger charge is 2.16. The largest absolute Gasteiger partial charge is 0.467 e. The van der Waals surface area contributed by atoms with E-state index in [1.807, 2.05) is 31.2 Å². The van der Waals surface area contributed by atoms with Crippen molar-refractivity contribution in [3.8, 4) is 0 Å². The highest BCUT2D eigenvalue weighted by Crippen LogP contribution is 2.20. The number of rotatable bonds is 7. The number of aromatic nitrogens is 3. The van der Waals surface area contributed by atoms with E-state index in [2.05, 4.69) is 15.3 Å². The first kappa shape index (κ1) is 20.3. The molecule has 0 atom stereocenters. The fourth-order valence-electron chi connectivity index (χ4n) is 3.04. The minimum atomic E-state index is -0.205. The number of H-pyrrole nitrogens is 1. The summed E-state index contributed by atoms with van der Waals surface area (Å²) in [5.74, 6) is 0.569. The fourth-order valence-corrected chi connectivity index (χ4v) is 4.07. The molecule has 0 spiro atoms. The number of halogens is 1. The fraction of sp³-hybridized carbons (Fsp3) is 0.190. The number of aromatic amines is 1. The summed E-state index contributed by atoms with van der Waals surface area (Å²) in [7, 11) is 0. The summed E-state index contributed by atoms with van der Waals surface area (Å²) in [6.07, 6.45) is 1.56. The number of benzene rings is 1. The zero-order chi connectivity index (χ0) is 21.1. The Bertz CT molecular complexity index is 1250. The molecule has 1 aromatic carbocycles. The maximum Gasteiger partial charge on any atom is 0.278 e. The Morgan fingerprint density at radius 3 is 2.90 bits per heavy atom. The number of furan rings is 1. The van der Waals surface area contributed by atoms with Crippen LogP contribution in [0.25, 0.3) is 11.0 Å². The van der Waals surface area contributed by atoms with Crippen LogP contribution >= 0.6 is 23.4 Å². The second kappa shape index (κ2) is 8.81. The monoisotopic (exact) mass is 442 g/mol. The van der Waals surface area contributed by atoms with E-state index in [0.29, 0.717) is 33.5 Å². The van der Waals surface area contributed by atoms with E-state index in [0.717, 1.165) is 11.3 Å². The van der Waals surface area contributed by atoms with E-state index < -0.39 is 0 Å². The van der Waals surface area contributed by atoms with E-state index in [1.165, 1.54) is 16.3 Å². The highest BCUT2D eigenvalue weighted by molar-refractivity contribution is 7.99. The second-order valence-electron chi connectivity index (χ2n) is 6.73. The van der Waals surface area contributed by atoms with Crippen LogP contribution in [0, 0.1) is 6.92 Å². The molecule has 30 heavy (non-hydrogen) atoms. The van der Waals surface area contributed by atoms with Crippen LogP contribution < -0.4 is 10.9 Å². The Morgan fingerprint density at radius 1 is 1.30 bits per heavy atom. The topological polar surface area (TPSA) is 92.9 Å². The summed E-state index contributed by atoms with van der Waals surface area (Å²) < 4.78 is 6.91. The summed E-state index contributed by atoms with van der Waals surface area (Å²) >= 11 is 7.33. The number of carbonyl (C=O) groups is 1. The van der Waals surface area contributed by atoms with E-state index >= 15 is 0 Å². The average Bonchev–Trinajstić information content (AvgIpc) is 3.37. The number of fused-ring (bicyclic) bond motifs is 1. The Hall–Kier alpha value is -2.97. The zero-order valence-electron chi connectivity index (χ0n) is 16.1. The molecule has 0 fully saturated rings. The quantitative estimate of drug-likeness (QED) is 0.336. The standard InChI is InChI=1S/C21H19ClN4O3S/c1-13-9-17-19(24-13)20(28)26(11-15-6-4-8-29-15)21(25-17)30-12-18(27)23-10-14-5-2-3-7-16(14)22/h2-9,24H,10-12H2,1H3,(H,23,27). The molecule has 0 aliphatic rings. The van der Waals surface area contributed by atoms with Gasteiger partial charge in [-0.2, -0.15) is 0 Å². The minimum Gasteiger partial charge on any atom is -0.467 e. The molecule has 4 rings (SSSR count). The second-order valence-corrected chi connectivity index (χ2v) is 8.08. The molecule has 2 N–H and O–H groups in total. The van der Waals surface area contributed by atoms with Gasteiger partial charge in [0.2, 0.25) is 5.91 Å². The molecule has 0 bridgehead atoms. The third kappa shape index (κ3) is 4.44. The molecule has 1 amide bonds. The van der Waals surface area contributed by atoms with Gasteiger partial charge in [-0.3, -0.25) is 14.2 Å². The molecule has 7 nitrogen and oxygen atoms in total. The molecule has 154 valence electrons. The van der Waals surface area contributed by atoms with Crippen LogP contribution in [0.3, 0.4) is 0 Å². The van der Waals surface area contributed by atoms with E-state index in [4.69, 9.17) is 16.0 Å². The van der Waals surface area contributed by atoms with Crippen molar-refractivity contribution in [2.75, 3.05) is 5.75 Å². The molecular formula is C21H19ClN4O3S. The van der Waals surface area contributed by atoms with Gasteiger partial charge in [0.1, 0.15) is 11.3 Å². The first-order valence-corrected chi connectivity index (χ1v) is 10.6. The SMILES string of the molecule is Cc1cc2nc(SCC(=O)NCc3ccccc3Cl)n(Cc3ccco3)c(=O)c2[nH]1. The maximum absolute atomic E-state index is 13.0. The van der Waals surface area contributed by atoms with Gasteiger partial charge in [0.15, 0.2) is 5.16 Å². The molecular weight excluding hydrogens is 424 g/mol. The van der Waals surface area contributed by atoms with Crippen LogP contribution in [-0.4, -0.2) is 26.2 Å². The Kier molecular flexibility index (Phi) is 5.96. The lowest BCUT2D eigenvalue weighted by atomic mass is 10.2. The molecule has 0 unspecified atom stereocenters. The third-order valence-electron chi connectivity index (χ3n) is 4.50. The maximum atomic E-state index is 13.0. The molecule has 0 saturated heterocycles. The van der Waals surface area contributed by atoms with Crippen molar-refractivity contribution in [1.29, 1.82) is 0 Å². The molecule has 0 radical (unpaired) electrons. The van der Waals surface area contributed by atoms with Crippen molar-refractivity contribution >= 4 is 40.3 Å². The number of nitrogens with zero attached hydrogens (tertiary/aromatic N) is 2. The van der Waals surface area contributed by atoms with Crippen LogP contribution in [0.2, 0.25) is 5.02 Å². The van der Waals surface area contributed by atoms with Crippen LogP contribution in [0.15, 0.2) is 63.1 Å². The van der Waals surface area contributed by atoms with Gasteiger partial charge < -0.3 is 14.7 Å². The predicted molar refractivity (Wildman–Crippen MR) is 117 cm³/mol. The summed E-state index contributed by atoms with van der Waals surface area (Å²) in [5.41, 5.74) is 2.50. The number of amides is 1. The lowest BCUT2D eigenvalue weighted by molar-refractivity contribution is -0.118. The summed E-state index contributed by atoms with van der Waals surface area (Å²) in [6.45, 7) is 2.44. The Morgan fingerprint density at radius 2 is 2.13 bits per heavy atom. The van der Waals surface area contributed by atoms with Crippen LogP contribution in [0.5, 0.6) is 0 Å². The lowest BCUT2D eigenvalue weighted by Crippen LogP contribution is -2.27. The van der Waals surface area contributed by atoms with Crippen molar-refractivity contribution in [1.82, 2.24) is 19.9 Å². The van der Waals surface area contributed by atoms with Gasteiger partial charge in [-0.15, -0.1) is 0 Å². The summed E-state index contributed by atoms with van der Waals surface area (Å²) in [4.78, 5) is 33.0. The van der Waals surface area contributed by atoms with Crippen LogP contribution in [0.4, 0.5) is 0 Å². The van der Waals surface area contributed by atoms with Gasteiger partial charge in [0.25, 0.3) is 5.56 Å². The van der Waals surface area contributed by atoms with Gasteiger partial charge in [-0.05, 0) is 36.8 Å².